The maximum absolute atomic E-state index is 11.4. The number of aliphatic carboxylic acids is 1. The lowest BCUT2D eigenvalue weighted by molar-refractivity contribution is -0.174. The number of carboxylic acid groups (broad SMARTS) is 1. The van der Waals surface area contributed by atoms with Gasteiger partial charge in [-0.15, -0.1) is 0 Å². The fourth-order valence-corrected chi connectivity index (χ4v) is 9.48. The van der Waals surface area contributed by atoms with E-state index in [2.05, 4.69) is 20.8 Å². The Morgan fingerprint density at radius 2 is 1.62 bits per heavy atom. The smallest absolute Gasteiger partial charge is 0.306 e. The van der Waals surface area contributed by atoms with Crippen molar-refractivity contribution in [3.63, 3.8) is 0 Å². The van der Waals surface area contributed by atoms with E-state index >= 15 is 0 Å². The van der Waals surface area contributed by atoms with Crippen molar-refractivity contribution >= 4 is 5.97 Å². The standard InChI is InChI=1S/C25H40O4/c1-13(16-12-17(16)23(28)29)18-4-5-19-22-20(7-9-25(18,19)3)24(2)8-6-15(26)10-14(24)11-21(22)27/h13-22,26-27H,4-12H2,1-3H3,(H,28,29)/t13-,14+,15-,16-,17+,18-,19+,20+,21-,22+,24+,25-/m1/s1. The van der Waals surface area contributed by atoms with Crippen LogP contribution >= 0.6 is 0 Å². The first-order chi connectivity index (χ1) is 13.7. The lowest BCUT2D eigenvalue weighted by Crippen LogP contribution is -2.58. The highest BCUT2D eigenvalue weighted by atomic mass is 16.4. The van der Waals surface area contributed by atoms with Gasteiger partial charge in [0.05, 0.1) is 18.1 Å². The van der Waals surface area contributed by atoms with Crippen molar-refractivity contribution in [3.05, 3.63) is 0 Å². The molecule has 0 bridgehead atoms. The van der Waals surface area contributed by atoms with Crippen LogP contribution in [0.4, 0.5) is 0 Å². The number of carbonyl (C=O) groups is 1. The van der Waals surface area contributed by atoms with E-state index in [-0.39, 0.29) is 29.0 Å². The van der Waals surface area contributed by atoms with E-state index in [4.69, 9.17) is 0 Å². The summed E-state index contributed by atoms with van der Waals surface area (Å²) in [5, 5.41) is 30.9. The second-order valence-electron chi connectivity index (χ2n) is 12.2. The molecule has 164 valence electrons. The molecule has 5 saturated carbocycles. The van der Waals surface area contributed by atoms with E-state index < -0.39 is 5.97 Å². The molecule has 0 spiro atoms. The summed E-state index contributed by atoms with van der Waals surface area (Å²) in [6, 6.07) is 0. The van der Waals surface area contributed by atoms with Crippen molar-refractivity contribution in [2.75, 3.05) is 0 Å². The van der Waals surface area contributed by atoms with Gasteiger partial charge >= 0.3 is 5.97 Å². The Kier molecular flexibility index (Phi) is 4.68. The van der Waals surface area contributed by atoms with Crippen LogP contribution in [0.5, 0.6) is 0 Å². The van der Waals surface area contributed by atoms with Gasteiger partial charge < -0.3 is 15.3 Å². The van der Waals surface area contributed by atoms with Gasteiger partial charge in [-0.1, -0.05) is 20.8 Å². The second kappa shape index (κ2) is 6.69. The first-order valence-corrected chi connectivity index (χ1v) is 12.3. The number of fused-ring (bicyclic) bond motifs is 5. The van der Waals surface area contributed by atoms with Gasteiger partial charge in [-0.3, -0.25) is 4.79 Å². The first kappa shape index (κ1) is 20.3. The quantitative estimate of drug-likeness (QED) is 0.654. The first-order valence-electron chi connectivity index (χ1n) is 12.3. The molecule has 0 unspecified atom stereocenters. The predicted octanol–water partition coefficient (Wildman–Crippen LogP) is 4.33. The molecule has 0 saturated heterocycles. The van der Waals surface area contributed by atoms with E-state index in [1.807, 2.05) is 0 Å². The molecule has 5 aliphatic rings. The Balaban J connectivity index is 1.39. The minimum atomic E-state index is -0.605. The summed E-state index contributed by atoms with van der Waals surface area (Å²) < 4.78 is 0. The zero-order valence-corrected chi connectivity index (χ0v) is 18.4. The molecule has 5 fully saturated rings. The van der Waals surface area contributed by atoms with Crippen LogP contribution in [0.15, 0.2) is 0 Å². The van der Waals surface area contributed by atoms with E-state index in [1.165, 1.54) is 25.7 Å². The van der Waals surface area contributed by atoms with Crippen LogP contribution in [0.25, 0.3) is 0 Å². The van der Waals surface area contributed by atoms with Crippen molar-refractivity contribution < 1.29 is 20.1 Å². The molecule has 0 radical (unpaired) electrons. The number of hydrogen-bond acceptors (Lipinski definition) is 3. The Hall–Kier alpha value is -0.610. The molecule has 0 aromatic carbocycles. The largest absolute Gasteiger partial charge is 0.481 e. The zero-order chi connectivity index (χ0) is 20.7. The van der Waals surface area contributed by atoms with Crippen molar-refractivity contribution in [2.45, 2.75) is 90.8 Å². The van der Waals surface area contributed by atoms with Crippen LogP contribution in [-0.4, -0.2) is 33.5 Å². The van der Waals surface area contributed by atoms with E-state index in [0.717, 1.165) is 32.1 Å². The molecule has 5 aliphatic carbocycles. The highest BCUT2D eigenvalue weighted by molar-refractivity contribution is 5.73. The average molecular weight is 405 g/mol. The lowest BCUT2D eigenvalue weighted by atomic mass is 9.43. The van der Waals surface area contributed by atoms with Crippen molar-refractivity contribution in [1.29, 1.82) is 0 Å². The zero-order valence-electron chi connectivity index (χ0n) is 18.4. The molecule has 4 nitrogen and oxygen atoms in total. The Morgan fingerprint density at radius 3 is 2.31 bits per heavy atom. The van der Waals surface area contributed by atoms with Gasteiger partial charge in [-0.05, 0) is 110 Å². The summed E-state index contributed by atoms with van der Waals surface area (Å²) in [4.78, 5) is 11.4. The molecule has 5 rings (SSSR count). The van der Waals surface area contributed by atoms with Gasteiger partial charge in [0.15, 0.2) is 0 Å². The van der Waals surface area contributed by atoms with Gasteiger partial charge in [0.1, 0.15) is 0 Å². The minimum absolute atomic E-state index is 0.113. The summed E-state index contributed by atoms with van der Waals surface area (Å²) in [6.45, 7) is 7.26. The SMILES string of the molecule is C[C@H]([C@H]1C[C@@H]1C(=O)O)[C@H]1CC[C@H]2[C@@H]3[C@H](O)C[C@@H]4C[C@H](O)CC[C@]4(C)[C@H]3CC[C@]12C. The van der Waals surface area contributed by atoms with Crippen molar-refractivity contribution in [1.82, 2.24) is 0 Å². The van der Waals surface area contributed by atoms with Gasteiger partial charge in [-0.2, -0.15) is 0 Å². The summed E-state index contributed by atoms with van der Waals surface area (Å²) in [5.74, 6) is 2.76. The second-order valence-corrected chi connectivity index (χ2v) is 12.2. The summed E-state index contributed by atoms with van der Waals surface area (Å²) >= 11 is 0. The number of aliphatic hydroxyl groups is 2. The fraction of sp³-hybridized carbons (Fsp3) is 0.960. The van der Waals surface area contributed by atoms with Crippen LogP contribution in [0, 0.1) is 58.2 Å². The Bertz CT molecular complexity index is 678. The molecule has 29 heavy (non-hydrogen) atoms. The molecule has 4 heteroatoms. The highest BCUT2D eigenvalue weighted by Gasteiger charge is 2.64. The summed E-state index contributed by atoms with van der Waals surface area (Å²) in [6.07, 6.45) is 9.08. The third-order valence-electron chi connectivity index (χ3n) is 11.2. The van der Waals surface area contributed by atoms with Crippen LogP contribution in [-0.2, 0) is 4.79 Å². The van der Waals surface area contributed by atoms with E-state index in [1.54, 1.807) is 0 Å². The number of aliphatic hydroxyl groups excluding tert-OH is 2. The normalized spacial score (nSPS) is 57.3. The Morgan fingerprint density at radius 1 is 0.931 bits per heavy atom. The predicted molar refractivity (Wildman–Crippen MR) is 111 cm³/mol. The molecule has 0 aromatic heterocycles. The molecule has 12 atom stereocenters. The van der Waals surface area contributed by atoms with Gasteiger partial charge in [0.25, 0.3) is 0 Å². The molecule has 0 amide bonds. The van der Waals surface area contributed by atoms with Gasteiger partial charge in [0.2, 0.25) is 0 Å². The molecular formula is C25H40O4. The number of rotatable bonds is 3. The Labute approximate surface area is 175 Å². The van der Waals surface area contributed by atoms with Gasteiger partial charge in [0, 0.05) is 0 Å². The maximum atomic E-state index is 11.4. The van der Waals surface area contributed by atoms with Crippen LogP contribution in [0.1, 0.15) is 78.6 Å². The highest BCUT2D eigenvalue weighted by Crippen LogP contribution is 2.69. The molecule has 3 N–H and O–H groups in total. The number of carboxylic acids is 1. The fourth-order valence-electron chi connectivity index (χ4n) is 9.48. The van der Waals surface area contributed by atoms with E-state index in [9.17, 15) is 20.1 Å². The lowest BCUT2D eigenvalue weighted by Gasteiger charge is -2.62. The molecule has 0 aromatic rings. The summed E-state index contributed by atoms with van der Waals surface area (Å²) in [7, 11) is 0. The molecule has 0 heterocycles. The summed E-state index contributed by atoms with van der Waals surface area (Å²) in [5.41, 5.74) is 0.531. The molecular weight excluding hydrogens is 364 g/mol. The van der Waals surface area contributed by atoms with Gasteiger partial charge in [-0.25, -0.2) is 0 Å². The van der Waals surface area contributed by atoms with E-state index in [0.29, 0.717) is 41.4 Å². The molecule has 0 aliphatic heterocycles. The third-order valence-corrected chi connectivity index (χ3v) is 11.2. The van der Waals surface area contributed by atoms with Crippen molar-refractivity contribution in [3.8, 4) is 0 Å². The van der Waals surface area contributed by atoms with Crippen LogP contribution in [0.3, 0.4) is 0 Å². The van der Waals surface area contributed by atoms with Crippen LogP contribution in [0.2, 0.25) is 0 Å². The average Bonchev–Trinajstić information content (AvgIpc) is 3.39. The van der Waals surface area contributed by atoms with Crippen LogP contribution < -0.4 is 0 Å². The third kappa shape index (κ3) is 2.87. The van der Waals surface area contributed by atoms with Crippen molar-refractivity contribution in [2.24, 2.45) is 58.2 Å². The minimum Gasteiger partial charge on any atom is -0.481 e. The number of hydrogen-bond donors (Lipinski definition) is 3. The topological polar surface area (TPSA) is 77.8 Å². The maximum Gasteiger partial charge on any atom is 0.306 e. The monoisotopic (exact) mass is 404 g/mol.